The highest BCUT2D eigenvalue weighted by molar-refractivity contribution is 5.83. The molecular formula is C41H68N2O5. The van der Waals surface area contributed by atoms with Crippen LogP contribution in [0.2, 0.25) is 0 Å². The number of carbonyl (C=O) groups excluding carboxylic acids is 2. The monoisotopic (exact) mass is 669 g/mol. The molecule has 48 heavy (non-hydrogen) atoms. The second-order valence-corrected chi connectivity index (χ2v) is 12.3. The van der Waals surface area contributed by atoms with E-state index in [0.29, 0.717) is 32.2 Å². The van der Waals surface area contributed by atoms with Crippen LogP contribution in [0.5, 0.6) is 0 Å². The van der Waals surface area contributed by atoms with Gasteiger partial charge in [0, 0.05) is 6.42 Å². The molecule has 0 heterocycles. The summed E-state index contributed by atoms with van der Waals surface area (Å²) in [5, 5.41) is 11.9. The Hall–Kier alpha value is -3.19. The molecule has 0 aliphatic carbocycles. The Morgan fingerprint density at radius 3 is 1.83 bits per heavy atom. The Morgan fingerprint density at radius 1 is 0.667 bits per heavy atom. The molecule has 1 amide bonds. The third kappa shape index (κ3) is 31.4. The number of allylic oxidation sites excluding steroid dienone is 10. The molecular weight excluding hydrogens is 600 g/mol. The van der Waals surface area contributed by atoms with Crippen molar-refractivity contribution < 1.29 is 24.2 Å². The summed E-state index contributed by atoms with van der Waals surface area (Å²) >= 11 is 0. The van der Waals surface area contributed by atoms with E-state index in [4.69, 9.17) is 10.5 Å². The minimum atomic E-state index is -1.02. The number of ether oxygens (including phenoxy) is 1. The van der Waals surface area contributed by atoms with Crippen LogP contribution in [0.3, 0.4) is 0 Å². The maximum Gasteiger partial charge on any atom is 0.326 e. The minimum Gasteiger partial charge on any atom is -0.480 e. The Balaban J connectivity index is 4.52. The summed E-state index contributed by atoms with van der Waals surface area (Å²) in [6.45, 7) is 4.77. The Kier molecular flexibility index (Phi) is 32.8. The largest absolute Gasteiger partial charge is 0.480 e. The number of carboxylic acid groups (broad SMARTS) is 1. The topological polar surface area (TPSA) is 119 Å². The van der Waals surface area contributed by atoms with Gasteiger partial charge in [-0.25, -0.2) is 4.79 Å². The number of hydrogen-bond acceptors (Lipinski definition) is 5. The molecule has 2 atom stereocenters. The molecule has 0 aromatic rings. The van der Waals surface area contributed by atoms with Crippen LogP contribution in [0.4, 0.5) is 0 Å². The average molecular weight is 669 g/mol. The lowest BCUT2D eigenvalue weighted by Crippen LogP contribution is -2.40. The van der Waals surface area contributed by atoms with Crippen molar-refractivity contribution in [2.45, 2.75) is 161 Å². The second kappa shape index (κ2) is 35.1. The number of nitrogens with two attached hydrogens (primary N) is 1. The Morgan fingerprint density at radius 2 is 1.23 bits per heavy atom. The fourth-order valence-corrected chi connectivity index (χ4v) is 4.96. The van der Waals surface area contributed by atoms with Gasteiger partial charge in [0.2, 0.25) is 5.91 Å². The first-order valence-corrected chi connectivity index (χ1v) is 18.8. The first kappa shape index (κ1) is 44.8. The Bertz CT molecular complexity index is 979. The first-order valence-electron chi connectivity index (χ1n) is 18.8. The second-order valence-electron chi connectivity index (χ2n) is 12.3. The van der Waals surface area contributed by atoms with Crippen LogP contribution >= 0.6 is 0 Å². The van der Waals surface area contributed by atoms with Gasteiger partial charge in [0.15, 0.2) is 0 Å². The van der Waals surface area contributed by atoms with E-state index in [1.54, 1.807) is 0 Å². The number of unbranched alkanes of at least 4 members (excludes halogenated alkanes) is 9. The molecule has 0 aliphatic rings. The van der Waals surface area contributed by atoms with Crippen molar-refractivity contribution in [2.75, 3.05) is 6.54 Å². The molecule has 0 rings (SSSR count). The van der Waals surface area contributed by atoms with Gasteiger partial charge < -0.3 is 20.9 Å². The van der Waals surface area contributed by atoms with Crippen LogP contribution in [0.15, 0.2) is 72.9 Å². The summed E-state index contributed by atoms with van der Waals surface area (Å²) in [7, 11) is 0. The van der Waals surface area contributed by atoms with Crippen molar-refractivity contribution in [2.24, 2.45) is 5.73 Å². The summed E-state index contributed by atoms with van der Waals surface area (Å²) in [4.78, 5) is 36.1. The zero-order chi connectivity index (χ0) is 35.3. The third-order valence-electron chi connectivity index (χ3n) is 7.77. The summed E-state index contributed by atoms with van der Waals surface area (Å²) in [6.07, 6.45) is 44.0. The van der Waals surface area contributed by atoms with Gasteiger partial charge in [-0.3, -0.25) is 9.59 Å². The number of amides is 1. The molecule has 0 bridgehead atoms. The summed E-state index contributed by atoms with van der Waals surface area (Å²) < 4.78 is 5.83. The maximum atomic E-state index is 12.6. The quantitative estimate of drug-likeness (QED) is 0.0373. The fraction of sp³-hybridized carbons (Fsp3) is 0.634. The zero-order valence-electron chi connectivity index (χ0n) is 30.3. The third-order valence-corrected chi connectivity index (χ3v) is 7.77. The van der Waals surface area contributed by atoms with Crippen LogP contribution in [0.25, 0.3) is 0 Å². The standard InChI is InChI=1S/C41H68N2O5/c1-3-5-7-9-11-13-14-15-16-17-18-19-21-23-29-35-40(45)48-37(31-26-22-20-12-10-8-6-4-2)32-27-24-25-28-34-39(44)43-38(41(46)47)33-30-36-42/h5,7,11,13,15-16,18-19,23,26,29,31,37-38H,3-4,6,8-10,12,14,17,20-22,24-25,27-28,30,32-36,42H2,1-2H3,(H,43,44)(H,46,47)/b7-5-,13-11-,16-15-,19-18-,29-23-,31-26-. The van der Waals surface area contributed by atoms with Crippen molar-refractivity contribution in [1.82, 2.24) is 5.32 Å². The molecule has 0 fully saturated rings. The van der Waals surface area contributed by atoms with Gasteiger partial charge in [0.1, 0.15) is 12.1 Å². The number of rotatable bonds is 32. The first-order chi connectivity index (χ1) is 23.4. The number of esters is 1. The molecule has 0 saturated heterocycles. The highest BCUT2D eigenvalue weighted by atomic mass is 16.5. The van der Waals surface area contributed by atoms with Crippen LogP contribution in [-0.2, 0) is 19.1 Å². The van der Waals surface area contributed by atoms with Gasteiger partial charge in [-0.05, 0) is 89.7 Å². The lowest BCUT2D eigenvalue weighted by atomic mass is 10.1. The van der Waals surface area contributed by atoms with E-state index in [-0.39, 0.29) is 24.4 Å². The van der Waals surface area contributed by atoms with E-state index in [0.717, 1.165) is 70.6 Å². The Labute approximate surface area is 292 Å². The van der Waals surface area contributed by atoms with Crippen LogP contribution in [0.1, 0.15) is 149 Å². The number of aliphatic carboxylic acids is 1. The van der Waals surface area contributed by atoms with Gasteiger partial charge in [-0.15, -0.1) is 0 Å². The fourth-order valence-electron chi connectivity index (χ4n) is 4.96. The average Bonchev–Trinajstić information content (AvgIpc) is 3.07. The predicted molar refractivity (Wildman–Crippen MR) is 202 cm³/mol. The highest BCUT2D eigenvalue weighted by Crippen LogP contribution is 2.14. The van der Waals surface area contributed by atoms with E-state index >= 15 is 0 Å². The van der Waals surface area contributed by atoms with E-state index in [1.807, 2.05) is 18.2 Å². The summed E-state index contributed by atoms with van der Waals surface area (Å²) in [5.41, 5.74) is 5.47. The molecule has 7 nitrogen and oxygen atoms in total. The van der Waals surface area contributed by atoms with Crippen molar-refractivity contribution in [3.05, 3.63) is 72.9 Å². The molecule has 0 spiro atoms. The van der Waals surface area contributed by atoms with Crippen LogP contribution in [0, 0.1) is 0 Å². The number of nitrogens with one attached hydrogen (secondary N) is 1. The lowest BCUT2D eigenvalue weighted by Gasteiger charge is -2.15. The van der Waals surface area contributed by atoms with Gasteiger partial charge in [-0.2, -0.15) is 0 Å². The molecule has 4 N–H and O–H groups in total. The van der Waals surface area contributed by atoms with Crippen molar-refractivity contribution in [1.29, 1.82) is 0 Å². The van der Waals surface area contributed by atoms with E-state index in [9.17, 15) is 19.5 Å². The van der Waals surface area contributed by atoms with Crippen LogP contribution < -0.4 is 11.1 Å². The van der Waals surface area contributed by atoms with E-state index < -0.39 is 12.0 Å². The van der Waals surface area contributed by atoms with Gasteiger partial charge in [0.05, 0.1) is 6.42 Å². The maximum absolute atomic E-state index is 12.6. The molecule has 0 aromatic heterocycles. The molecule has 2 unspecified atom stereocenters. The molecule has 0 saturated carbocycles. The highest BCUT2D eigenvalue weighted by Gasteiger charge is 2.18. The van der Waals surface area contributed by atoms with E-state index in [2.05, 4.69) is 73.8 Å². The SMILES string of the molecule is CC/C=C\C/C=C\C/C=C\C/C=C\C/C=C\CC(=O)OC(/C=C\CCCCCCCC)CCCCCCC(=O)NC(CCCN)C(=O)O. The molecule has 7 heteroatoms. The van der Waals surface area contributed by atoms with Gasteiger partial charge >= 0.3 is 11.9 Å². The van der Waals surface area contributed by atoms with Gasteiger partial charge in [-0.1, -0.05) is 126 Å². The number of carbonyl (C=O) groups is 3. The normalized spacial score (nSPS) is 13.6. The minimum absolute atomic E-state index is 0.218. The number of hydrogen-bond donors (Lipinski definition) is 3. The van der Waals surface area contributed by atoms with Crippen molar-refractivity contribution in [3.8, 4) is 0 Å². The smallest absolute Gasteiger partial charge is 0.326 e. The molecule has 0 aliphatic heterocycles. The lowest BCUT2D eigenvalue weighted by molar-refractivity contribution is -0.146. The van der Waals surface area contributed by atoms with Crippen molar-refractivity contribution >= 4 is 17.8 Å². The van der Waals surface area contributed by atoms with Crippen LogP contribution in [-0.4, -0.2) is 41.6 Å². The molecule has 272 valence electrons. The molecule has 0 radical (unpaired) electrons. The van der Waals surface area contributed by atoms with E-state index in [1.165, 1.54) is 32.1 Å². The van der Waals surface area contributed by atoms with Gasteiger partial charge in [0.25, 0.3) is 0 Å². The summed E-state index contributed by atoms with van der Waals surface area (Å²) in [6, 6.07) is -0.880. The predicted octanol–water partition coefficient (Wildman–Crippen LogP) is 10.00. The summed E-state index contributed by atoms with van der Waals surface area (Å²) in [5.74, 6) is -1.48. The number of carboxylic acids is 1. The zero-order valence-corrected chi connectivity index (χ0v) is 30.3. The van der Waals surface area contributed by atoms with Crippen molar-refractivity contribution in [3.63, 3.8) is 0 Å². The molecule has 0 aromatic carbocycles.